The van der Waals surface area contributed by atoms with Crippen LogP contribution in [0.15, 0.2) is 59.5 Å². The summed E-state index contributed by atoms with van der Waals surface area (Å²) in [5.41, 5.74) is -0.263. The number of hydrogen-bond donors (Lipinski definition) is 4. The molecular weight excluding hydrogens is 483 g/mol. The van der Waals surface area contributed by atoms with Gasteiger partial charge < -0.3 is 30.2 Å². The molecule has 188 valence electrons. The monoisotopic (exact) mass is 503 g/mol. The summed E-state index contributed by atoms with van der Waals surface area (Å²) in [6.07, 6.45) is -3.50. The highest BCUT2D eigenvalue weighted by Gasteiger charge is 2.30. The van der Waals surface area contributed by atoms with Gasteiger partial charge in [0, 0.05) is 6.20 Å². The molecule has 0 unspecified atom stereocenters. The van der Waals surface area contributed by atoms with E-state index < -0.39 is 41.8 Å². The van der Waals surface area contributed by atoms with Crippen LogP contribution in [0.25, 0.3) is 0 Å². The van der Waals surface area contributed by atoms with Crippen LogP contribution in [0.4, 0.5) is 23.7 Å². The predicted octanol–water partition coefficient (Wildman–Crippen LogP) is 4.05. The van der Waals surface area contributed by atoms with Crippen LogP contribution in [-0.2, 0) is 17.4 Å². The minimum Gasteiger partial charge on any atom is -0.481 e. The Morgan fingerprint density at radius 3 is 2.47 bits per heavy atom. The molecule has 0 radical (unpaired) electrons. The second-order valence-corrected chi connectivity index (χ2v) is 7.94. The molecule has 0 aliphatic carbocycles. The number of carbonyl (C=O) groups excluding carboxylic acids is 1. The number of aromatic nitrogens is 1. The molecule has 1 atom stereocenters. The van der Waals surface area contributed by atoms with Crippen molar-refractivity contribution in [2.45, 2.75) is 25.1 Å². The summed E-state index contributed by atoms with van der Waals surface area (Å²) in [6.45, 7) is 0.0226. The molecule has 2 aromatic carbocycles. The maximum absolute atomic E-state index is 12.8. The van der Waals surface area contributed by atoms with Gasteiger partial charge in [-0.15, -0.1) is 0 Å². The van der Waals surface area contributed by atoms with Gasteiger partial charge in [-0.25, -0.2) is 4.79 Å². The Balaban J connectivity index is 1.52. The SMILES string of the molecule is O=C(O)C[C@H](NC(=O)Nc1c(Cc2ccc(C(F)(F)F)cc2)cc[nH]c1=O)c1ccc2c(c1)OCO2. The first-order valence-corrected chi connectivity index (χ1v) is 10.7. The molecule has 0 fully saturated rings. The number of urea groups is 1. The molecule has 4 rings (SSSR count). The van der Waals surface area contributed by atoms with Gasteiger partial charge in [0.2, 0.25) is 6.79 Å². The van der Waals surface area contributed by atoms with E-state index in [2.05, 4.69) is 15.6 Å². The summed E-state index contributed by atoms with van der Waals surface area (Å²) in [5.74, 6) is -0.275. The number of nitrogens with one attached hydrogen (secondary N) is 3. The number of hydrogen-bond acceptors (Lipinski definition) is 5. The maximum atomic E-state index is 12.8. The van der Waals surface area contributed by atoms with Gasteiger partial charge in [-0.2, -0.15) is 13.2 Å². The Bertz CT molecular complexity index is 1340. The Morgan fingerprint density at radius 2 is 1.78 bits per heavy atom. The molecule has 2 amide bonds. The topological polar surface area (TPSA) is 130 Å². The molecule has 0 saturated heterocycles. The zero-order valence-electron chi connectivity index (χ0n) is 18.5. The van der Waals surface area contributed by atoms with Gasteiger partial charge in [-0.3, -0.25) is 9.59 Å². The first-order chi connectivity index (χ1) is 17.1. The number of pyridine rings is 1. The standard InChI is InChI=1S/C24H20F3N3O6/c25-24(26,27)16-4-1-13(2-5-16)9-15-7-8-28-22(33)21(15)30-23(34)29-17(11-20(31)32)14-3-6-18-19(10-14)36-12-35-18/h1-8,10,17H,9,11-12H2,(H,28,33)(H,31,32)(H2,29,30,34)/t17-/m0/s1. The quantitative estimate of drug-likeness (QED) is 0.385. The number of carboxylic acids is 1. The molecule has 36 heavy (non-hydrogen) atoms. The lowest BCUT2D eigenvalue weighted by Gasteiger charge is -2.19. The van der Waals surface area contributed by atoms with E-state index in [4.69, 9.17) is 9.47 Å². The molecule has 12 heteroatoms. The Kier molecular flexibility index (Phi) is 6.86. The first-order valence-electron chi connectivity index (χ1n) is 10.7. The Morgan fingerprint density at radius 1 is 1.06 bits per heavy atom. The Hall–Kier alpha value is -4.48. The van der Waals surface area contributed by atoms with E-state index in [0.717, 1.165) is 12.1 Å². The van der Waals surface area contributed by atoms with Crippen molar-refractivity contribution in [1.82, 2.24) is 10.3 Å². The van der Waals surface area contributed by atoms with Crippen LogP contribution in [0.5, 0.6) is 11.5 Å². The number of anilines is 1. The third-order valence-corrected chi connectivity index (χ3v) is 5.44. The highest BCUT2D eigenvalue weighted by atomic mass is 19.4. The first kappa shape index (κ1) is 24.6. The lowest BCUT2D eigenvalue weighted by molar-refractivity contribution is -0.138. The van der Waals surface area contributed by atoms with Gasteiger partial charge in [0.25, 0.3) is 5.56 Å². The molecule has 4 N–H and O–H groups in total. The normalized spacial score (nSPS) is 13.2. The number of carboxylic acid groups (broad SMARTS) is 1. The lowest BCUT2D eigenvalue weighted by atomic mass is 10.0. The molecule has 2 heterocycles. The summed E-state index contributed by atoms with van der Waals surface area (Å²) in [4.78, 5) is 39.1. The third kappa shape index (κ3) is 5.77. The van der Waals surface area contributed by atoms with Crippen molar-refractivity contribution in [3.8, 4) is 11.5 Å². The number of H-pyrrole nitrogens is 1. The predicted molar refractivity (Wildman–Crippen MR) is 121 cm³/mol. The van der Waals surface area contributed by atoms with Crippen LogP contribution in [0.1, 0.15) is 34.7 Å². The van der Waals surface area contributed by atoms with Crippen molar-refractivity contribution in [1.29, 1.82) is 0 Å². The molecule has 3 aromatic rings. The number of carbonyl (C=O) groups is 2. The number of alkyl halides is 3. The van der Waals surface area contributed by atoms with Crippen molar-refractivity contribution in [2.75, 3.05) is 12.1 Å². The van der Waals surface area contributed by atoms with Gasteiger partial charge in [0.05, 0.1) is 18.0 Å². The minimum absolute atomic E-state index is 0.0226. The van der Waals surface area contributed by atoms with E-state index in [1.165, 1.54) is 24.4 Å². The molecule has 1 aliphatic heterocycles. The van der Waals surface area contributed by atoms with Gasteiger partial charge in [0.15, 0.2) is 11.5 Å². The van der Waals surface area contributed by atoms with Crippen LogP contribution in [-0.4, -0.2) is 28.9 Å². The van der Waals surface area contributed by atoms with E-state index in [1.807, 2.05) is 0 Å². The van der Waals surface area contributed by atoms with Crippen LogP contribution in [0, 0.1) is 0 Å². The van der Waals surface area contributed by atoms with Crippen LogP contribution < -0.4 is 25.7 Å². The number of benzene rings is 2. The fourth-order valence-electron chi connectivity index (χ4n) is 3.70. The second-order valence-electron chi connectivity index (χ2n) is 7.94. The van der Waals surface area contributed by atoms with Crippen LogP contribution in [0.3, 0.4) is 0 Å². The van der Waals surface area contributed by atoms with Crippen molar-refractivity contribution >= 4 is 17.7 Å². The summed E-state index contributed by atoms with van der Waals surface area (Å²) in [5, 5.41) is 14.3. The average Bonchev–Trinajstić information content (AvgIpc) is 3.28. The van der Waals surface area contributed by atoms with E-state index in [9.17, 15) is 32.7 Å². The number of aromatic amines is 1. The molecule has 0 spiro atoms. The van der Waals surface area contributed by atoms with Crippen LogP contribution >= 0.6 is 0 Å². The summed E-state index contributed by atoms with van der Waals surface area (Å²) in [6, 6.07) is 8.90. The van der Waals surface area contributed by atoms with Crippen molar-refractivity contribution < 1.29 is 37.3 Å². The number of aliphatic carboxylic acids is 1. The van der Waals surface area contributed by atoms with E-state index in [0.29, 0.717) is 28.2 Å². The number of fused-ring (bicyclic) bond motifs is 1. The van der Waals surface area contributed by atoms with Gasteiger partial charge >= 0.3 is 18.2 Å². The summed E-state index contributed by atoms with van der Waals surface area (Å²) < 4.78 is 49.0. The van der Waals surface area contributed by atoms with Crippen LogP contribution in [0.2, 0.25) is 0 Å². The zero-order valence-corrected chi connectivity index (χ0v) is 18.5. The van der Waals surface area contributed by atoms with Crippen molar-refractivity contribution in [2.24, 2.45) is 0 Å². The minimum atomic E-state index is -4.47. The molecule has 1 aromatic heterocycles. The largest absolute Gasteiger partial charge is 0.481 e. The second kappa shape index (κ2) is 10.0. The molecule has 9 nitrogen and oxygen atoms in total. The number of halogens is 3. The van der Waals surface area contributed by atoms with Gasteiger partial charge in [-0.1, -0.05) is 18.2 Å². The lowest BCUT2D eigenvalue weighted by Crippen LogP contribution is -2.35. The highest BCUT2D eigenvalue weighted by Crippen LogP contribution is 2.35. The smallest absolute Gasteiger partial charge is 0.416 e. The van der Waals surface area contributed by atoms with E-state index in [1.54, 1.807) is 18.2 Å². The van der Waals surface area contributed by atoms with Crippen molar-refractivity contribution in [3.63, 3.8) is 0 Å². The Labute approximate surface area is 201 Å². The third-order valence-electron chi connectivity index (χ3n) is 5.44. The van der Waals surface area contributed by atoms with Crippen molar-refractivity contribution in [3.05, 3.63) is 87.3 Å². The molecular formula is C24H20F3N3O6. The van der Waals surface area contributed by atoms with Gasteiger partial charge in [-0.05, 0) is 53.4 Å². The van der Waals surface area contributed by atoms with Gasteiger partial charge in [0.1, 0.15) is 5.69 Å². The number of ether oxygens (including phenoxy) is 2. The number of amides is 2. The fraction of sp³-hybridized carbons (Fsp3) is 0.208. The average molecular weight is 503 g/mol. The highest BCUT2D eigenvalue weighted by molar-refractivity contribution is 5.90. The maximum Gasteiger partial charge on any atom is 0.416 e. The fourth-order valence-corrected chi connectivity index (χ4v) is 3.70. The summed E-state index contributed by atoms with van der Waals surface area (Å²) in [7, 11) is 0. The zero-order chi connectivity index (χ0) is 25.9. The van der Waals surface area contributed by atoms with E-state index in [-0.39, 0.29) is 18.9 Å². The molecule has 1 aliphatic rings. The molecule has 0 saturated carbocycles. The van der Waals surface area contributed by atoms with E-state index >= 15 is 0 Å². The number of rotatable bonds is 7. The summed E-state index contributed by atoms with van der Waals surface area (Å²) >= 11 is 0. The molecule has 0 bridgehead atoms.